The average molecular weight is 383 g/mol. The molecule has 6 nitrogen and oxygen atoms in total. The maximum absolute atomic E-state index is 12.6. The van der Waals surface area contributed by atoms with Crippen molar-refractivity contribution in [2.75, 3.05) is 31.6 Å². The molecule has 0 aliphatic carbocycles. The maximum atomic E-state index is 12.6. The van der Waals surface area contributed by atoms with Gasteiger partial charge in [0, 0.05) is 36.4 Å². The third-order valence-corrected chi connectivity index (χ3v) is 5.03. The lowest BCUT2D eigenvalue weighted by Gasteiger charge is -2.36. The minimum atomic E-state index is -0.102. The van der Waals surface area contributed by atoms with Gasteiger partial charge < -0.3 is 20.1 Å². The van der Waals surface area contributed by atoms with Gasteiger partial charge in [-0.15, -0.1) is 0 Å². The van der Waals surface area contributed by atoms with Crippen LogP contribution in [0.25, 0.3) is 0 Å². The molecule has 2 aromatic rings. The van der Waals surface area contributed by atoms with Gasteiger partial charge in [-0.3, -0.25) is 9.78 Å². The molecule has 1 aromatic heterocycles. The summed E-state index contributed by atoms with van der Waals surface area (Å²) in [5.74, 6) is 1.48. The van der Waals surface area contributed by atoms with Crippen molar-refractivity contribution in [1.29, 1.82) is 0 Å². The maximum Gasteiger partial charge on any atom is 0.227 e. The van der Waals surface area contributed by atoms with Gasteiger partial charge in [0.15, 0.2) is 0 Å². The second-order valence-corrected chi connectivity index (χ2v) is 8.18. The highest BCUT2D eigenvalue weighted by molar-refractivity contribution is 5.92. The lowest BCUT2D eigenvalue weighted by Crippen LogP contribution is -2.43. The quantitative estimate of drug-likeness (QED) is 0.765. The Balaban J connectivity index is 1.47. The van der Waals surface area contributed by atoms with Crippen LogP contribution < -0.4 is 10.1 Å². The van der Waals surface area contributed by atoms with Crippen molar-refractivity contribution < 1.29 is 14.6 Å². The Morgan fingerprint density at radius 3 is 2.54 bits per heavy atom. The van der Waals surface area contributed by atoms with E-state index in [-0.39, 0.29) is 23.8 Å². The first-order chi connectivity index (χ1) is 13.4. The van der Waals surface area contributed by atoms with E-state index in [1.807, 2.05) is 36.4 Å². The van der Waals surface area contributed by atoms with Gasteiger partial charge in [0.2, 0.25) is 5.91 Å². The lowest BCUT2D eigenvalue weighted by molar-refractivity contribution is -0.121. The Morgan fingerprint density at radius 2 is 1.93 bits per heavy atom. The molecule has 1 saturated heterocycles. The van der Waals surface area contributed by atoms with Crippen LogP contribution in [0.5, 0.6) is 11.5 Å². The van der Waals surface area contributed by atoms with Crippen molar-refractivity contribution in [3.63, 3.8) is 0 Å². The standard InChI is InChI=1S/C22H29N3O3/c1-22(2,16-26)15-25-12-9-17(10-13-25)21(27)24-18-5-7-19(8-6-18)28-20-4-3-11-23-14-20/h3-8,11,14,17,26H,9-10,12-13,15-16H2,1-2H3,(H,24,27). The summed E-state index contributed by atoms with van der Waals surface area (Å²) >= 11 is 0. The SMILES string of the molecule is CC(C)(CO)CN1CCC(C(=O)Nc2ccc(Oc3cccnc3)cc2)CC1. The molecule has 1 aliphatic heterocycles. The fourth-order valence-corrected chi connectivity index (χ4v) is 3.40. The number of aliphatic hydroxyl groups excluding tert-OH is 1. The largest absolute Gasteiger partial charge is 0.456 e. The molecule has 0 saturated carbocycles. The number of rotatable bonds is 7. The van der Waals surface area contributed by atoms with Crippen molar-refractivity contribution in [2.45, 2.75) is 26.7 Å². The van der Waals surface area contributed by atoms with Crippen LogP contribution in [0.2, 0.25) is 0 Å². The van der Waals surface area contributed by atoms with Gasteiger partial charge in [0.25, 0.3) is 0 Å². The molecule has 1 aromatic carbocycles. The Kier molecular flexibility index (Phi) is 6.65. The predicted molar refractivity (Wildman–Crippen MR) is 109 cm³/mol. The number of carbonyl (C=O) groups is 1. The number of hydrogen-bond donors (Lipinski definition) is 2. The fourth-order valence-electron chi connectivity index (χ4n) is 3.40. The van der Waals surface area contributed by atoms with Crippen LogP contribution in [0.3, 0.4) is 0 Å². The number of hydrogen-bond acceptors (Lipinski definition) is 5. The number of likely N-dealkylation sites (tertiary alicyclic amines) is 1. The second-order valence-electron chi connectivity index (χ2n) is 8.18. The summed E-state index contributed by atoms with van der Waals surface area (Å²) in [6.07, 6.45) is 5.04. The van der Waals surface area contributed by atoms with Crippen LogP contribution >= 0.6 is 0 Å². The summed E-state index contributed by atoms with van der Waals surface area (Å²) in [5.41, 5.74) is 0.668. The molecule has 1 aliphatic rings. The molecule has 6 heteroatoms. The fraction of sp³-hybridized carbons (Fsp3) is 0.455. The molecule has 0 radical (unpaired) electrons. The Labute approximate surface area is 166 Å². The van der Waals surface area contributed by atoms with E-state index in [9.17, 15) is 9.90 Å². The van der Waals surface area contributed by atoms with Crippen LogP contribution in [0, 0.1) is 11.3 Å². The van der Waals surface area contributed by atoms with E-state index >= 15 is 0 Å². The molecule has 0 bridgehead atoms. The van der Waals surface area contributed by atoms with E-state index in [1.165, 1.54) is 0 Å². The van der Waals surface area contributed by atoms with Crippen molar-refractivity contribution >= 4 is 11.6 Å². The molecule has 150 valence electrons. The minimum Gasteiger partial charge on any atom is -0.456 e. The first-order valence-corrected chi connectivity index (χ1v) is 9.77. The molecule has 2 heterocycles. The third kappa shape index (κ3) is 5.78. The van der Waals surface area contributed by atoms with Crippen LogP contribution in [-0.2, 0) is 4.79 Å². The number of amides is 1. The lowest BCUT2D eigenvalue weighted by atomic mass is 9.90. The highest BCUT2D eigenvalue weighted by atomic mass is 16.5. The molecule has 0 spiro atoms. The summed E-state index contributed by atoms with van der Waals surface area (Å²) in [6.45, 7) is 6.93. The Bertz CT molecular complexity index is 754. The zero-order valence-electron chi connectivity index (χ0n) is 16.6. The molecular formula is C22H29N3O3. The summed E-state index contributed by atoms with van der Waals surface area (Å²) in [4.78, 5) is 18.9. The number of aromatic nitrogens is 1. The van der Waals surface area contributed by atoms with Crippen LogP contribution in [-0.4, -0.2) is 47.1 Å². The van der Waals surface area contributed by atoms with Crippen LogP contribution in [0.4, 0.5) is 5.69 Å². The van der Waals surface area contributed by atoms with Crippen molar-refractivity contribution in [3.8, 4) is 11.5 Å². The Hall–Kier alpha value is -2.44. The molecular weight excluding hydrogens is 354 g/mol. The summed E-state index contributed by atoms with van der Waals surface area (Å²) in [6, 6.07) is 11.0. The molecule has 2 N–H and O–H groups in total. The van der Waals surface area contributed by atoms with E-state index in [4.69, 9.17) is 4.74 Å². The summed E-state index contributed by atoms with van der Waals surface area (Å²) in [7, 11) is 0. The van der Waals surface area contributed by atoms with Gasteiger partial charge in [-0.1, -0.05) is 13.8 Å². The first kappa shape index (κ1) is 20.3. The smallest absolute Gasteiger partial charge is 0.227 e. The number of carbonyl (C=O) groups excluding carboxylic acids is 1. The van der Waals surface area contributed by atoms with E-state index in [0.717, 1.165) is 38.2 Å². The molecule has 0 atom stereocenters. The monoisotopic (exact) mass is 383 g/mol. The number of aliphatic hydroxyl groups is 1. The van der Waals surface area contributed by atoms with Crippen molar-refractivity contribution in [1.82, 2.24) is 9.88 Å². The van der Waals surface area contributed by atoms with Crippen LogP contribution in [0.1, 0.15) is 26.7 Å². The van der Waals surface area contributed by atoms with Gasteiger partial charge in [0.1, 0.15) is 11.5 Å². The van der Waals surface area contributed by atoms with E-state index in [0.29, 0.717) is 11.5 Å². The Morgan fingerprint density at radius 1 is 1.21 bits per heavy atom. The number of ether oxygens (including phenoxy) is 1. The number of nitrogens with zero attached hydrogens (tertiary/aromatic N) is 2. The number of benzene rings is 1. The van der Waals surface area contributed by atoms with E-state index in [2.05, 4.69) is 29.0 Å². The molecule has 0 unspecified atom stereocenters. The average Bonchev–Trinajstić information content (AvgIpc) is 2.70. The van der Waals surface area contributed by atoms with E-state index < -0.39 is 0 Å². The van der Waals surface area contributed by atoms with Gasteiger partial charge in [-0.25, -0.2) is 0 Å². The molecule has 1 amide bonds. The summed E-state index contributed by atoms with van der Waals surface area (Å²) < 4.78 is 5.72. The number of nitrogens with one attached hydrogen (secondary N) is 1. The van der Waals surface area contributed by atoms with Gasteiger partial charge >= 0.3 is 0 Å². The first-order valence-electron chi connectivity index (χ1n) is 9.77. The van der Waals surface area contributed by atoms with Crippen molar-refractivity contribution in [2.24, 2.45) is 11.3 Å². The normalized spacial score (nSPS) is 16.0. The van der Waals surface area contributed by atoms with Crippen molar-refractivity contribution in [3.05, 3.63) is 48.8 Å². The number of pyridine rings is 1. The minimum absolute atomic E-state index is 0.0276. The third-order valence-electron chi connectivity index (χ3n) is 5.03. The highest BCUT2D eigenvalue weighted by Crippen LogP contribution is 2.25. The summed E-state index contributed by atoms with van der Waals surface area (Å²) in [5, 5.41) is 12.4. The predicted octanol–water partition coefficient (Wildman–Crippen LogP) is 3.54. The van der Waals surface area contributed by atoms with E-state index in [1.54, 1.807) is 12.4 Å². The number of piperidine rings is 1. The number of anilines is 1. The molecule has 28 heavy (non-hydrogen) atoms. The zero-order chi connectivity index (χ0) is 20.0. The van der Waals surface area contributed by atoms with Gasteiger partial charge in [0.05, 0.1) is 6.20 Å². The van der Waals surface area contributed by atoms with Crippen LogP contribution in [0.15, 0.2) is 48.8 Å². The van der Waals surface area contributed by atoms with Gasteiger partial charge in [-0.2, -0.15) is 0 Å². The van der Waals surface area contributed by atoms with Gasteiger partial charge in [-0.05, 0) is 62.3 Å². The topological polar surface area (TPSA) is 74.7 Å². The highest BCUT2D eigenvalue weighted by Gasteiger charge is 2.28. The molecule has 3 rings (SSSR count). The molecule has 1 fully saturated rings. The zero-order valence-corrected chi connectivity index (χ0v) is 16.6. The second kappa shape index (κ2) is 9.17.